The third-order valence-electron chi connectivity index (χ3n) is 2.45. The number of carbonyl (C=O) groups excluding carboxylic acids is 2. The van der Waals surface area contributed by atoms with Crippen molar-refractivity contribution >= 4 is 17.9 Å². The van der Waals surface area contributed by atoms with Gasteiger partial charge in [0.05, 0.1) is 0 Å². The van der Waals surface area contributed by atoms with E-state index < -0.39 is 30.5 Å². The third kappa shape index (κ3) is 2.10. The fourth-order valence-corrected chi connectivity index (χ4v) is 1.68. The van der Waals surface area contributed by atoms with Crippen LogP contribution in [0.15, 0.2) is 30.3 Å². The molecule has 1 unspecified atom stereocenters. The molecule has 0 aliphatic carbocycles. The Labute approximate surface area is 96.8 Å². The van der Waals surface area contributed by atoms with Gasteiger partial charge in [0.2, 0.25) is 0 Å². The molecule has 0 aromatic heterocycles. The van der Waals surface area contributed by atoms with Gasteiger partial charge in [0.1, 0.15) is 12.6 Å². The molecule has 2 N–H and O–H groups in total. The highest BCUT2D eigenvalue weighted by Crippen LogP contribution is 2.21. The topological polar surface area (TPSA) is 86.7 Å². The quantitative estimate of drug-likeness (QED) is 0.739. The molecule has 6 nitrogen and oxygen atoms in total. The SMILES string of the molecule is O=C(O)CN1C(=O)NC(c2ccccc2)C1=O. The third-order valence-corrected chi connectivity index (χ3v) is 2.45. The summed E-state index contributed by atoms with van der Waals surface area (Å²) in [6.45, 7) is -0.617. The lowest BCUT2D eigenvalue weighted by Gasteiger charge is -2.09. The molecule has 1 aliphatic rings. The number of nitrogens with one attached hydrogen (secondary N) is 1. The van der Waals surface area contributed by atoms with E-state index in [1.165, 1.54) is 0 Å². The largest absolute Gasteiger partial charge is 0.480 e. The number of aliphatic carboxylic acids is 1. The van der Waals surface area contributed by atoms with Crippen LogP contribution >= 0.6 is 0 Å². The molecular weight excluding hydrogens is 224 g/mol. The average molecular weight is 234 g/mol. The van der Waals surface area contributed by atoms with Crippen molar-refractivity contribution in [2.75, 3.05) is 6.54 Å². The van der Waals surface area contributed by atoms with E-state index >= 15 is 0 Å². The highest BCUT2D eigenvalue weighted by atomic mass is 16.4. The zero-order valence-corrected chi connectivity index (χ0v) is 8.79. The van der Waals surface area contributed by atoms with Crippen molar-refractivity contribution in [1.82, 2.24) is 10.2 Å². The second kappa shape index (κ2) is 4.25. The van der Waals surface area contributed by atoms with E-state index in [0.29, 0.717) is 10.5 Å². The van der Waals surface area contributed by atoms with Crippen molar-refractivity contribution in [3.63, 3.8) is 0 Å². The molecule has 0 spiro atoms. The van der Waals surface area contributed by atoms with E-state index in [2.05, 4.69) is 5.32 Å². The fraction of sp³-hybridized carbons (Fsp3) is 0.182. The number of amides is 3. The first-order valence-electron chi connectivity index (χ1n) is 4.98. The molecule has 0 radical (unpaired) electrons. The zero-order valence-electron chi connectivity index (χ0n) is 8.79. The van der Waals surface area contributed by atoms with Gasteiger partial charge in [-0.3, -0.25) is 14.5 Å². The summed E-state index contributed by atoms with van der Waals surface area (Å²) in [5.74, 6) is -1.76. The molecule has 1 heterocycles. The van der Waals surface area contributed by atoms with E-state index in [-0.39, 0.29) is 0 Å². The van der Waals surface area contributed by atoms with Gasteiger partial charge >= 0.3 is 12.0 Å². The first kappa shape index (κ1) is 11.1. The summed E-state index contributed by atoms with van der Waals surface area (Å²) in [6.07, 6.45) is 0. The second-order valence-corrected chi connectivity index (χ2v) is 3.61. The minimum atomic E-state index is -1.22. The van der Waals surface area contributed by atoms with Gasteiger partial charge < -0.3 is 10.4 Å². The Kier molecular flexibility index (Phi) is 2.78. The van der Waals surface area contributed by atoms with E-state index in [0.717, 1.165) is 0 Å². The van der Waals surface area contributed by atoms with E-state index in [1.807, 2.05) is 0 Å². The van der Waals surface area contributed by atoms with Gasteiger partial charge in [-0.25, -0.2) is 4.79 Å². The van der Waals surface area contributed by atoms with Crippen molar-refractivity contribution in [1.29, 1.82) is 0 Å². The van der Waals surface area contributed by atoms with E-state index in [9.17, 15) is 14.4 Å². The van der Waals surface area contributed by atoms with Gasteiger partial charge in [0.25, 0.3) is 5.91 Å². The summed E-state index contributed by atoms with van der Waals surface area (Å²) in [6, 6.07) is 7.22. The molecule has 2 rings (SSSR count). The maximum Gasteiger partial charge on any atom is 0.325 e. The van der Waals surface area contributed by atoms with Crippen LogP contribution in [0.25, 0.3) is 0 Å². The average Bonchev–Trinajstić information content (AvgIpc) is 2.58. The van der Waals surface area contributed by atoms with Crippen LogP contribution in [0, 0.1) is 0 Å². The van der Waals surface area contributed by atoms with Crippen LogP contribution in [0.4, 0.5) is 4.79 Å². The van der Waals surface area contributed by atoms with Crippen LogP contribution < -0.4 is 5.32 Å². The summed E-state index contributed by atoms with van der Waals surface area (Å²) in [4.78, 5) is 34.5. The molecule has 1 aliphatic heterocycles. The Morgan fingerprint density at radius 1 is 1.29 bits per heavy atom. The molecule has 6 heteroatoms. The Hall–Kier alpha value is -2.37. The summed E-state index contributed by atoms with van der Waals surface area (Å²) >= 11 is 0. The molecule has 17 heavy (non-hydrogen) atoms. The van der Waals surface area contributed by atoms with Crippen molar-refractivity contribution < 1.29 is 19.5 Å². The number of carbonyl (C=O) groups is 3. The number of imide groups is 1. The number of urea groups is 1. The standard InChI is InChI=1S/C11H10N2O4/c14-8(15)6-13-10(16)9(12-11(13)17)7-4-2-1-3-5-7/h1-5,9H,6H2,(H,12,17)(H,14,15). The lowest BCUT2D eigenvalue weighted by atomic mass is 10.1. The normalized spacial score (nSPS) is 19.3. The smallest absolute Gasteiger partial charge is 0.325 e. The van der Waals surface area contributed by atoms with Crippen molar-refractivity contribution in [2.45, 2.75) is 6.04 Å². The van der Waals surface area contributed by atoms with Crippen molar-refractivity contribution in [3.05, 3.63) is 35.9 Å². The van der Waals surface area contributed by atoms with Crippen LogP contribution in [-0.2, 0) is 9.59 Å². The van der Waals surface area contributed by atoms with Crippen LogP contribution in [0.1, 0.15) is 11.6 Å². The molecule has 0 bridgehead atoms. The first-order valence-corrected chi connectivity index (χ1v) is 4.98. The lowest BCUT2D eigenvalue weighted by Crippen LogP contribution is -2.35. The van der Waals surface area contributed by atoms with Gasteiger partial charge in [-0.05, 0) is 5.56 Å². The summed E-state index contributed by atoms with van der Waals surface area (Å²) in [5.41, 5.74) is 0.638. The summed E-state index contributed by atoms with van der Waals surface area (Å²) in [5, 5.41) is 11.0. The van der Waals surface area contributed by atoms with E-state index in [1.54, 1.807) is 30.3 Å². The van der Waals surface area contributed by atoms with Crippen LogP contribution in [0.5, 0.6) is 0 Å². The van der Waals surface area contributed by atoms with Crippen molar-refractivity contribution in [3.8, 4) is 0 Å². The van der Waals surface area contributed by atoms with Crippen LogP contribution in [-0.4, -0.2) is 34.5 Å². The minimum Gasteiger partial charge on any atom is -0.480 e. The molecule has 1 aromatic carbocycles. The van der Waals surface area contributed by atoms with Gasteiger partial charge in [0, 0.05) is 0 Å². The number of hydrogen-bond acceptors (Lipinski definition) is 3. The maximum absolute atomic E-state index is 11.8. The van der Waals surface area contributed by atoms with E-state index in [4.69, 9.17) is 5.11 Å². The molecule has 1 atom stereocenters. The molecule has 1 saturated heterocycles. The van der Waals surface area contributed by atoms with Gasteiger partial charge in [-0.2, -0.15) is 0 Å². The molecule has 88 valence electrons. The Bertz CT molecular complexity index is 472. The number of benzene rings is 1. The fourth-order valence-electron chi connectivity index (χ4n) is 1.68. The molecule has 1 aromatic rings. The monoisotopic (exact) mass is 234 g/mol. The van der Waals surface area contributed by atoms with Crippen LogP contribution in [0.2, 0.25) is 0 Å². The number of carboxylic acids is 1. The molecule has 1 fully saturated rings. The van der Waals surface area contributed by atoms with Gasteiger partial charge in [0.15, 0.2) is 0 Å². The Morgan fingerprint density at radius 3 is 2.53 bits per heavy atom. The predicted molar refractivity (Wildman–Crippen MR) is 57.1 cm³/mol. The molecule has 0 saturated carbocycles. The Morgan fingerprint density at radius 2 is 1.94 bits per heavy atom. The Balaban J connectivity index is 2.22. The highest BCUT2D eigenvalue weighted by Gasteiger charge is 2.39. The second-order valence-electron chi connectivity index (χ2n) is 3.61. The number of rotatable bonds is 3. The number of carboxylic acid groups (broad SMARTS) is 1. The summed E-state index contributed by atoms with van der Waals surface area (Å²) in [7, 11) is 0. The molecule has 3 amide bonds. The number of nitrogens with zero attached hydrogens (tertiary/aromatic N) is 1. The van der Waals surface area contributed by atoms with Gasteiger partial charge in [-0.15, -0.1) is 0 Å². The lowest BCUT2D eigenvalue weighted by molar-refractivity contribution is -0.141. The van der Waals surface area contributed by atoms with Gasteiger partial charge in [-0.1, -0.05) is 30.3 Å². The van der Waals surface area contributed by atoms with Crippen molar-refractivity contribution in [2.24, 2.45) is 0 Å². The highest BCUT2D eigenvalue weighted by molar-refractivity contribution is 6.06. The predicted octanol–water partition coefficient (Wildman–Crippen LogP) is 0.364. The molecular formula is C11H10N2O4. The minimum absolute atomic E-state index is 0.538. The maximum atomic E-state index is 11.8. The number of hydrogen-bond donors (Lipinski definition) is 2. The first-order chi connectivity index (χ1) is 8.09. The van der Waals surface area contributed by atoms with Crippen LogP contribution in [0.3, 0.4) is 0 Å². The summed E-state index contributed by atoms with van der Waals surface area (Å²) < 4.78 is 0. The zero-order chi connectivity index (χ0) is 12.4.